The molecule has 2 atom stereocenters. The highest BCUT2D eigenvalue weighted by molar-refractivity contribution is 5.37. The zero-order valence-corrected chi connectivity index (χ0v) is 12.5. The molecule has 0 aromatic heterocycles. The summed E-state index contributed by atoms with van der Waals surface area (Å²) in [6.07, 6.45) is 0.915. The Labute approximate surface area is 125 Å². The molecule has 0 bridgehead atoms. The van der Waals surface area contributed by atoms with E-state index in [0.29, 0.717) is 11.1 Å². The topological polar surface area (TPSA) is 38.0 Å². The molecular weight excluding hydrogens is 263 g/mol. The molecule has 3 N–H and O–H groups in total. The van der Waals surface area contributed by atoms with Crippen LogP contribution in [0, 0.1) is 19.7 Å². The molecule has 0 radical (unpaired) electrons. The van der Waals surface area contributed by atoms with E-state index in [1.54, 1.807) is 0 Å². The van der Waals surface area contributed by atoms with Gasteiger partial charge in [0, 0.05) is 18.6 Å². The van der Waals surface area contributed by atoms with Crippen LogP contribution in [0.25, 0.3) is 0 Å². The zero-order chi connectivity index (χ0) is 15.0. The van der Waals surface area contributed by atoms with Crippen molar-refractivity contribution in [1.82, 2.24) is 5.32 Å². The lowest BCUT2D eigenvalue weighted by atomic mass is 10.0. The van der Waals surface area contributed by atoms with Crippen LogP contribution in [0.4, 0.5) is 4.39 Å². The lowest BCUT2D eigenvalue weighted by molar-refractivity contribution is 0.498. The minimum absolute atomic E-state index is 0.105. The second-order valence-corrected chi connectivity index (χ2v) is 5.95. The van der Waals surface area contributed by atoms with Crippen molar-refractivity contribution < 1.29 is 4.39 Å². The van der Waals surface area contributed by atoms with Gasteiger partial charge in [-0.1, -0.05) is 36.4 Å². The van der Waals surface area contributed by atoms with Gasteiger partial charge in [-0.25, -0.2) is 4.39 Å². The van der Waals surface area contributed by atoms with E-state index < -0.39 is 0 Å². The molecule has 0 heterocycles. The van der Waals surface area contributed by atoms with Gasteiger partial charge < -0.3 is 11.1 Å². The van der Waals surface area contributed by atoms with E-state index in [9.17, 15) is 4.39 Å². The normalized spacial score (nSPS) is 20.6. The van der Waals surface area contributed by atoms with Gasteiger partial charge in [-0.2, -0.15) is 0 Å². The van der Waals surface area contributed by atoms with Crippen LogP contribution in [0.15, 0.2) is 36.4 Å². The monoisotopic (exact) mass is 284 g/mol. The summed E-state index contributed by atoms with van der Waals surface area (Å²) in [4.78, 5) is 0. The van der Waals surface area contributed by atoms with Gasteiger partial charge in [0.05, 0.1) is 0 Å². The van der Waals surface area contributed by atoms with E-state index in [1.807, 2.05) is 32.0 Å². The van der Waals surface area contributed by atoms with Crippen molar-refractivity contribution in [2.24, 2.45) is 5.73 Å². The molecule has 2 unspecified atom stereocenters. The van der Waals surface area contributed by atoms with Gasteiger partial charge in [-0.05, 0) is 48.1 Å². The fourth-order valence-corrected chi connectivity index (χ4v) is 3.25. The molecule has 3 heteroatoms. The lowest BCUT2D eigenvalue weighted by Gasteiger charge is -2.15. The minimum Gasteiger partial charge on any atom is -0.324 e. The number of hydrogen-bond acceptors (Lipinski definition) is 2. The van der Waals surface area contributed by atoms with Crippen LogP contribution in [-0.4, -0.2) is 0 Å². The summed E-state index contributed by atoms with van der Waals surface area (Å²) in [5.74, 6) is -0.105. The Hall–Kier alpha value is -1.71. The molecular formula is C18H21FN2. The van der Waals surface area contributed by atoms with Gasteiger partial charge in [-0.15, -0.1) is 0 Å². The number of benzene rings is 2. The summed E-state index contributed by atoms with van der Waals surface area (Å²) < 4.78 is 13.7. The first-order valence-corrected chi connectivity index (χ1v) is 7.39. The van der Waals surface area contributed by atoms with Gasteiger partial charge in [0.25, 0.3) is 0 Å². The quantitative estimate of drug-likeness (QED) is 0.902. The first kappa shape index (κ1) is 14.2. The Balaban J connectivity index is 1.75. The van der Waals surface area contributed by atoms with Crippen molar-refractivity contribution in [2.45, 2.75) is 38.9 Å². The molecule has 0 saturated carbocycles. The molecule has 0 aliphatic heterocycles. The number of aryl methyl sites for hydroxylation is 2. The summed E-state index contributed by atoms with van der Waals surface area (Å²) in [5.41, 5.74) is 11.2. The fraction of sp³-hybridized carbons (Fsp3) is 0.333. The van der Waals surface area contributed by atoms with Crippen molar-refractivity contribution >= 4 is 0 Å². The average molecular weight is 284 g/mol. The third-order valence-corrected chi connectivity index (χ3v) is 4.31. The van der Waals surface area contributed by atoms with Crippen LogP contribution in [0.3, 0.4) is 0 Å². The van der Waals surface area contributed by atoms with Crippen LogP contribution in [0.1, 0.15) is 46.3 Å². The maximum absolute atomic E-state index is 13.7. The summed E-state index contributed by atoms with van der Waals surface area (Å²) in [7, 11) is 0. The standard InChI is InChI=1S/C18H21FN2/c1-11-7-13(8-12(2)18(11)19)10-21-17-9-16(20)14-5-3-4-6-15(14)17/h3-8,16-17,21H,9-10,20H2,1-2H3. The molecule has 1 aliphatic carbocycles. The summed E-state index contributed by atoms with van der Waals surface area (Å²) in [5, 5.41) is 3.56. The Morgan fingerprint density at radius 2 is 1.76 bits per heavy atom. The second-order valence-electron chi connectivity index (χ2n) is 5.95. The molecule has 0 amide bonds. The molecule has 0 saturated heterocycles. The van der Waals surface area contributed by atoms with Gasteiger partial charge >= 0.3 is 0 Å². The number of halogens is 1. The van der Waals surface area contributed by atoms with Crippen LogP contribution < -0.4 is 11.1 Å². The van der Waals surface area contributed by atoms with Crippen molar-refractivity contribution in [2.75, 3.05) is 0 Å². The lowest BCUT2D eigenvalue weighted by Crippen LogP contribution is -2.19. The second kappa shape index (κ2) is 5.58. The molecule has 2 aromatic rings. The van der Waals surface area contributed by atoms with E-state index in [1.165, 1.54) is 11.1 Å². The van der Waals surface area contributed by atoms with E-state index in [2.05, 4.69) is 23.5 Å². The zero-order valence-electron chi connectivity index (χ0n) is 12.5. The number of nitrogens with two attached hydrogens (primary N) is 1. The Kier molecular flexibility index (Phi) is 3.79. The molecule has 3 rings (SSSR count). The van der Waals surface area contributed by atoms with Gasteiger partial charge in [0.1, 0.15) is 5.82 Å². The van der Waals surface area contributed by atoms with Crippen molar-refractivity contribution in [3.8, 4) is 0 Å². The highest BCUT2D eigenvalue weighted by Crippen LogP contribution is 2.37. The SMILES string of the molecule is Cc1cc(CNC2CC(N)c3ccccc32)cc(C)c1F. The van der Waals surface area contributed by atoms with E-state index in [-0.39, 0.29) is 17.9 Å². The Morgan fingerprint density at radius 3 is 2.43 bits per heavy atom. The van der Waals surface area contributed by atoms with Crippen LogP contribution in [0.5, 0.6) is 0 Å². The van der Waals surface area contributed by atoms with Gasteiger partial charge in [0.15, 0.2) is 0 Å². The predicted octanol–water partition coefficient (Wildman–Crippen LogP) is 3.68. The van der Waals surface area contributed by atoms with E-state index in [0.717, 1.165) is 18.5 Å². The van der Waals surface area contributed by atoms with E-state index >= 15 is 0 Å². The average Bonchev–Trinajstić information content (AvgIpc) is 2.79. The molecule has 21 heavy (non-hydrogen) atoms. The molecule has 1 aliphatic rings. The molecule has 110 valence electrons. The van der Waals surface area contributed by atoms with Crippen molar-refractivity contribution in [1.29, 1.82) is 0 Å². The maximum Gasteiger partial charge on any atom is 0.129 e. The number of hydrogen-bond donors (Lipinski definition) is 2. The molecule has 0 spiro atoms. The number of fused-ring (bicyclic) bond motifs is 1. The highest BCUT2D eigenvalue weighted by Gasteiger charge is 2.27. The summed E-state index contributed by atoms with van der Waals surface area (Å²) >= 11 is 0. The van der Waals surface area contributed by atoms with Gasteiger partial charge in [0.2, 0.25) is 0 Å². The van der Waals surface area contributed by atoms with Crippen LogP contribution in [0.2, 0.25) is 0 Å². The third-order valence-electron chi connectivity index (χ3n) is 4.31. The number of nitrogens with one attached hydrogen (secondary N) is 1. The summed E-state index contributed by atoms with van der Waals surface area (Å²) in [6, 6.07) is 12.5. The highest BCUT2D eigenvalue weighted by atomic mass is 19.1. The Bertz CT molecular complexity index is 643. The smallest absolute Gasteiger partial charge is 0.129 e. The first-order valence-electron chi connectivity index (χ1n) is 7.39. The van der Waals surface area contributed by atoms with Crippen LogP contribution >= 0.6 is 0 Å². The number of rotatable bonds is 3. The summed E-state index contributed by atoms with van der Waals surface area (Å²) in [6.45, 7) is 4.35. The van der Waals surface area contributed by atoms with Crippen LogP contribution in [-0.2, 0) is 6.54 Å². The largest absolute Gasteiger partial charge is 0.324 e. The van der Waals surface area contributed by atoms with Gasteiger partial charge in [-0.3, -0.25) is 0 Å². The van der Waals surface area contributed by atoms with Crippen molar-refractivity contribution in [3.63, 3.8) is 0 Å². The third kappa shape index (κ3) is 2.71. The Morgan fingerprint density at radius 1 is 1.14 bits per heavy atom. The van der Waals surface area contributed by atoms with E-state index in [4.69, 9.17) is 5.73 Å². The maximum atomic E-state index is 13.7. The van der Waals surface area contributed by atoms with Crippen molar-refractivity contribution in [3.05, 3.63) is 70.0 Å². The molecule has 0 fully saturated rings. The first-order chi connectivity index (χ1) is 10.1. The minimum atomic E-state index is -0.105. The fourth-order valence-electron chi connectivity index (χ4n) is 3.25. The molecule has 2 nitrogen and oxygen atoms in total. The molecule has 2 aromatic carbocycles. The predicted molar refractivity (Wildman–Crippen MR) is 83.4 cm³/mol.